The molecule has 0 bridgehead atoms. The normalized spacial score (nSPS) is 12.6. The minimum absolute atomic E-state index is 0.0903. The van der Waals surface area contributed by atoms with Gasteiger partial charge in [0.1, 0.15) is 12.6 Å². The molecule has 0 rings (SSSR count). The Hall–Kier alpha value is -1.14. The first-order valence-electron chi connectivity index (χ1n) is 5.13. The molecule has 0 fully saturated rings. The molecule has 1 unspecified atom stereocenters. The summed E-state index contributed by atoms with van der Waals surface area (Å²) in [7, 11) is 1.44. The summed E-state index contributed by atoms with van der Waals surface area (Å²) in [5, 5.41) is 8.69. The maximum Gasteiger partial charge on any atom is 0.323 e. The number of nitrogens with two attached hydrogens (primary N) is 1. The summed E-state index contributed by atoms with van der Waals surface area (Å²) >= 11 is 0. The van der Waals surface area contributed by atoms with Crippen LogP contribution in [0.2, 0.25) is 0 Å². The first-order chi connectivity index (χ1) is 7.38. The van der Waals surface area contributed by atoms with Crippen LogP contribution < -0.4 is 5.73 Å². The van der Waals surface area contributed by atoms with Gasteiger partial charge < -0.3 is 20.5 Å². The molecule has 0 saturated heterocycles. The van der Waals surface area contributed by atoms with Crippen molar-refractivity contribution >= 4 is 11.9 Å². The van der Waals surface area contributed by atoms with Crippen molar-refractivity contribution in [3.05, 3.63) is 0 Å². The summed E-state index contributed by atoms with van der Waals surface area (Å²) in [5.74, 6) is -1.24. The molecule has 0 aromatic carbocycles. The molecule has 3 N–H and O–H groups in total. The number of carboxylic acid groups (broad SMARTS) is 1. The van der Waals surface area contributed by atoms with E-state index in [1.165, 1.54) is 12.0 Å². The highest BCUT2D eigenvalue weighted by Gasteiger charge is 2.23. The zero-order chi connectivity index (χ0) is 12.7. The van der Waals surface area contributed by atoms with Crippen molar-refractivity contribution in [2.24, 2.45) is 11.7 Å². The summed E-state index contributed by atoms with van der Waals surface area (Å²) < 4.78 is 4.76. The molecule has 0 aliphatic heterocycles. The standard InChI is InChI=1S/C10H20N2O4/c1-7(2)4-12(5-9(13)14)10(15)8(11)6-16-3/h7-8H,4-6,11H2,1-3H3,(H,13,14). The molecule has 0 aliphatic rings. The number of nitrogens with zero attached hydrogens (tertiary/aromatic N) is 1. The minimum atomic E-state index is -1.04. The minimum Gasteiger partial charge on any atom is -0.480 e. The first kappa shape index (κ1) is 14.9. The number of rotatable bonds is 7. The SMILES string of the molecule is COCC(N)C(=O)N(CC(=O)O)CC(C)C. The average molecular weight is 232 g/mol. The van der Waals surface area contributed by atoms with Gasteiger partial charge in [0.2, 0.25) is 5.91 Å². The van der Waals surface area contributed by atoms with E-state index in [9.17, 15) is 9.59 Å². The fourth-order valence-corrected chi connectivity index (χ4v) is 1.32. The van der Waals surface area contributed by atoms with Gasteiger partial charge in [0, 0.05) is 13.7 Å². The van der Waals surface area contributed by atoms with Gasteiger partial charge >= 0.3 is 5.97 Å². The van der Waals surface area contributed by atoms with Crippen LogP contribution >= 0.6 is 0 Å². The quantitative estimate of drug-likeness (QED) is 0.619. The lowest BCUT2D eigenvalue weighted by Crippen LogP contribution is -2.49. The number of ether oxygens (including phenoxy) is 1. The van der Waals surface area contributed by atoms with Gasteiger partial charge in [0.05, 0.1) is 6.61 Å². The van der Waals surface area contributed by atoms with Crippen molar-refractivity contribution < 1.29 is 19.4 Å². The molecule has 0 saturated carbocycles. The number of methoxy groups -OCH3 is 1. The van der Waals surface area contributed by atoms with Crippen LogP contribution in [-0.4, -0.2) is 54.7 Å². The molecule has 94 valence electrons. The third-order valence-electron chi connectivity index (χ3n) is 1.89. The highest BCUT2D eigenvalue weighted by Crippen LogP contribution is 2.01. The summed E-state index contributed by atoms with van der Waals surface area (Å²) in [6.07, 6.45) is 0. The summed E-state index contributed by atoms with van der Waals surface area (Å²) in [5.41, 5.74) is 5.57. The van der Waals surface area contributed by atoms with E-state index in [1.54, 1.807) is 0 Å². The number of carbonyl (C=O) groups excluding carboxylic acids is 1. The molecular weight excluding hydrogens is 212 g/mol. The lowest BCUT2D eigenvalue weighted by atomic mass is 10.2. The third-order valence-corrected chi connectivity index (χ3v) is 1.89. The molecule has 0 radical (unpaired) electrons. The Morgan fingerprint density at radius 3 is 2.38 bits per heavy atom. The van der Waals surface area contributed by atoms with E-state index in [-0.39, 0.29) is 19.1 Å². The van der Waals surface area contributed by atoms with Gasteiger partial charge in [-0.05, 0) is 5.92 Å². The van der Waals surface area contributed by atoms with Crippen molar-refractivity contribution in [1.82, 2.24) is 4.90 Å². The van der Waals surface area contributed by atoms with Crippen LogP contribution in [0.3, 0.4) is 0 Å². The van der Waals surface area contributed by atoms with Crippen LogP contribution in [-0.2, 0) is 14.3 Å². The molecule has 0 aromatic heterocycles. The Bertz CT molecular complexity index is 243. The van der Waals surface area contributed by atoms with Gasteiger partial charge in [0.15, 0.2) is 0 Å². The van der Waals surface area contributed by atoms with Crippen LogP contribution in [0.25, 0.3) is 0 Å². The van der Waals surface area contributed by atoms with Crippen molar-refractivity contribution in [3.8, 4) is 0 Å². The number of aliphatic carboxylic acids is 1. The summed E-state index contributed by atoms with van der Waals surface area (Å²) in [6.45, 7) is 3.96. The molecule has 1 amide bonds. The predicted molar refractivity (Wildman–Crippen MR) is 58.9 cm³/mol. The van der Waals surface area contributed by atoms with Crippen molar-refractivity contribution in [3.63, 3.8) is 0 Å². The zero-order valence-corrected chi connectivity index (χ0v) is 9.97. The Morgan fingerprint density at radius 2 is 2.00 bits per heavy atom. The first-order valence-corrected chi connectivity index (χ1v) is 5.13. The largest absolute Gasteiger partial charge is 0.480 e. The van der Waals surface area contributed by atoms with E-state index in [0.29, 0.717) is 6.54 Å². The van der Waals surface area contributed by atoms with Gasteiger partial charge in [-0.15, -0.1) is 0 Å². The zero-order valence-electron chi connectivity index (χ0n) is 9.97. The van der Waals surface area contributed by atoms with E-state index in [1.807, 2.05) is 13.8 Å². The molecule has 16 heavy (non-hydrogen) atoms. The number of carbonyl (C=O) groups is 2. The summed E-state index contributed by atoms with van der Waals surface area (Å²) in [6, 6.07) is -0.803. The fourth-order valence-electron chi connectivity index (χ4n) is 1.32. The molecule has 0 aliphatic carbocycles. The van der Waals surface area contributed by atoms with E-state index in [4.69, 9.17) is 15.6 Å². The van der Waals surface area contributed by atoms with Crippen LogP contribution in [0.4, 0.5) is 0 Å². The van der Waals surface area contributed by atoms with Gasteiger partial charge in [-0.3, -0.25) is 9.59 Å². The van der Waals surface area contributed by atoms with Crippen LogP contribution in [0.1, 0.15) is 13.8 Å². The molecule has 0 aromatic rings. The number of amides is 1. The molecule has 0 spiro atoms. The molecule has 0 heterocycles. The fraction of sp³-hybridized carbons (Fsp3) is 0.800. The topological polar surface area (TPSA) is 92.9 Å². The van der Waals surface area contributed by atoms with Gasteiger partial charge in [-0.1, -0.05) is 13.8 Å². The number of hydrogen-bond acceptors (Lipinski definition) is 4. The number of carboxylic acids is 1. The second kappa shape index (κ2) is 7.19. The Balaban J connectivity index is 4.48. The second-order valence-corrected chi connectivity index (χ2v) is 4.07. The van der Waals surface area contributed by atoms with Crippen LogP contribution in [0.5, 0.6) is 0 Å². The Labute approximate surface area is 95.4 Å². The average Bonchev–Trinajstić information content (AvgIpc) is 2.14. The molecule has 6 nitrogen and oxygen atoms in total. The Morgan fingerprint density at radius 1 is 1.44 bits per heavy atom. The van der Waals surface area contributed by atoms with E-state index in [0.717, 1.165) is 0 Å². The predicted octanol–water partition coefficient (Wildman–Crippen LogP) is -0.471. The van der Waals surface area contributed by atoms with Gasteiger partial charge in [-0.2, -0.15) is 0 Å². The third kappa shape index (κ3) is 5.67. The Kier molecular flexibility index (Phi) is 6.67. The van der Waals surface area contributed by atoms with E-state index < -0.39 is 17.9 Å². The van der Waals surface area contributed by atoms with E-state index >= 15 is 0 Å². The van der Waals surface area contributed by atoms with E-state index in [2.05, 4.69) is 0 Å². The van der Waals surface area contributed by atoms with Crippen molar-refractivity contribution in [2.45, 2.75) is 19.9 Å². The highest BCUT2D eigenvalue weighted by atomic mass is 16.5. The van der Waals surface area contributed by atoms with Gasteiger partial charge in [-0.25, -0.2) is 0 Å². The van der Waals surface area contributed by atoms with Crippen molar-refractivity contribution in [2.75, 3.05) is 26.8 Å². The maximum absolute atomic E-state index is 11.8. The maximum atomic E-state index is 11.8. The molecule has 6 heteroatoms. The second-order valence-electron chi connectivity index (χ2n) is 4.07. The monoisotopic (exact) mass is 232 g/mol. The lowest BCUT2D eigenvalue weighted by molar-refractivity contribution is -0.145. The molecule has 1 atom stereocenters. The lowest BCUT2D eigenvalue weighted by Gasteiger charge is -2.25. The van der Waals surface area contributed by atoms with Crippen LogP contribution in [0.15, 0.2) is 0 Å². The van der Waals surface area contributed by atoms with Gasteiger partial charge in [0.25, 0.3) is 0 Å². The molecular formula is C10H20N2O4. The van der Waals surface area contributed by atoms with Crippen LogP contribution in [0, 0.1) is 5.92 Å². The smallest absolute Gasteiger partial charge is 0.323 e. The number of hydrogen-bond donors (Lipinski definition) is 2. The summed E-state index contributed by atoms with van der Waals surface area (Å²) in [4.78, 5) is 23.6. The highest BCUT2D eigenvalue weighted by molar-refractivity contribution is 5.85. The van der Waals surface area contributed by atoms with Crippen molar-refractivity contribution in [1.29, 1.82) is 0 Å².